The largest absolute Gasteiger partial charge is 0.507 e. The molecule has 0 saturated carbocycles. The van der Waals surface area contributed by atoms with Gasteiger partial charge in [-0.25, -0.2) is 0 Å². The highest BCUT2D eigenvalue weighted by Gasteiger charge is 2.40. The molecule has 4 unspecified atom stereocenters. The van der Waals surface area contributed by atoms with E-state index in [2.05, 4.69) is 19.9 Å². The number of rotatable bonds is 12. The van der Waals surface area contributed by atoms with Gasteiger partial charge in [0.2, 0.25) is 0 Å². The highest BCUT2D eigenvalue weighted by molar-refractivity contribution is 5.68. The molecule has 368 valence electrons. The summed E-state index contributed by atoms with van der Waals surface area (Å²) in [4.78, 5) is 7.80. The van der Waals surface area contributed by atoms with Crippen molar-refractivity contribution < 1.29 is 59.8 Å². The van der Waals surface area contributed by atoms with E-state index in [0.29, 0.717) is 133 Å². The molecule has 0 amide bonds. The molecule has 4 atom stereocenters. The average molecular weight is 941 g/mol. The highest BCUT2D eigenvalue weighted by Crippen LogP contribution is 2.57. The van der Waals surface area contributed by atoms with Crippen molar-refractivity contribution in [1.82, 2.24) is 19.6 Å². The summed E-state index contributed by atoms with van der Waals surface area (Å²) in [6.07, 6.45) is 2.09. The third-order valence-corrected chi connectivity index (χ3v) is 15.0. The van der Waals surface area contributed by atoms with E-state index in [0.717, 1.165) is 27.8 Å². The lowest BCUT2D eigenvalue weighted by atomic mass is 9.75. The highest BCUT2D eigenvalue weighted by atomic mass is 16.5. The summed E-state index contributed by atoms with van der Waals surface area (Å²) >= 11 is 0. The van der Waals surface area contributed by atoms with Crippen LogP contribution in [0.3, 0.4) is 0 Å². The van der Waals surface area contributed by atoms with E-state index in [-0.39, 0.29) is 88.8 Å². The van der Waals surface area contributed by atoms with E-state index in [9.17, 15) is 40.9 Å². The van der Waals surface area contributed by atoms with Crippen LogP contribution in [0.4, 0.5) is 0 Å². The van der Waals surface area contributed by atoms with Crippen LogP contribution in [-0.2, 0) is 26.2 Å². The van der Waals surface area contributed by atoms with Gasteiger partial charge < -0.3 is 59.8 Å². The Morgan fingerprint density at radius 1 is 0.368 bits per heavy atom. The summed E-state index contributed by atoms with van der Waals surface area (Å²) < 4.78 is 26.3. The Bertz CT molecular complexity index is 2520. The van der Waals surface area contributed by atoms with Gasteiger partial charge in [-0.05, 0) is 49.4 Å². The third kappa shape index (κ3) is 8.25. The average Bonchev–Trinajstić information content (AvgIpc) is 3.34. The monoisotopic (exact) mass is 940 g/mol. The third-order valence-electron chi connectivity index (χ3n) is 15.0. The van der Waals surface area contributed by atoms with Gasteiger partial charge in [0.25, 0.3) is 0 Å². The number of nitrogens with zero attached hydrogens (tertiary/aromatic N) is 4. The van der Waals surface area contributed by atoms with Crippen molar-refractivity contribution in [3.63, 3.8) is 0 Å². The fourth-order valence-corrected chi connectivity index (χ4v) is 11.7. The lowest BCUT2D eigenvalue weighted by Crippen LogP contribution is -2.36. The predicted octanol–water partition coefficient (Wildman–Crippen LogP) is 5.57. The van der Waals surface area contributed by atoms with Crippen LogP contribution in [0.2, 0.25) is 0 Å². The van der Waals surface area contributed by atoms with Crippen LogP contribution in [0.15, 0.2) is 24.3 Å². The molecule has 0 spiro atoms. The fraction of sp³-hybridized carbons (Fsp3) is 0.538. The summed E-state index contributed by atoms with van der Waals surface area (Å²) in [5, 5.41) is 90.8. The van der Waals surface area contributed by atoms with Crippen LogP contribution >= 0.6 is 0 Å². The molecule has 0 radical (unpaired) electrons. The maximum atomic E-state index is 12.7. The van der Waals surface area contributed by atoms with Crippen molar-refractivity contribution in [1.29, 1.82) is 0 Å². The number of aromatic hydroxyl groups is 4. The number of benzene rings is 4. The summed E-state index contributed by atoms with van der Waals surface area (Å²) in [6.45, 7) is 11.2. The van der Waals surface area contributed by atoms with Gasteiger partial charge in [0.1, 0.15) is 61.4 Å². The van der Waals surface area contributed by atoms with E-state index in [4.69, 9.17) is 18.9 Å². The van der Waals surface area contributed by atoms with Crippen molar-refractivity contribution in [2.45, 2.75) is 103 Å². The first-order valence-electron chi connectivity index (χ1n) is 24.4. The van der Waals surface area contributed by atoms with Crippen LogP contribution in [0.1, 0.15) is 144 Å². The Labute approximate surface area is 398 Å². The minimum Gasteiger partial charge on any atom is -0.507 e. The Morgan fingerprint density at radius 3 is 0.956 bits per heavy atom. The van der Waals surface area contributed by atoms with Crippen molar-refractivity contribution in [3.8, 4) is 46.0 Å². The number of hydrogen-bond donors (Lipinski definition) is 8. The first kappa shape index (κ1) is 48.0. The Kier molecular flexibility index (Phi) is 14.2. The minimum atomic E-state index is -0.558. The van der Waals surface area contributed by atoms with Gasteiger partial charge in [-0.2, -0.15) is 0 Å². The quantitative estimate of drug-likeness (QED) is 0.0873. The van der Waals surface area contributed by atoms with E-state index in [1.165, 1.54) is 0 Å². The predicted molar refractivity (Wildman–Crippen MR) is 253 cm³/mol. The van der Waals surface area contributed by atoms with Crippen LogP contribution in [-0.4, -0.2) is 140 Å². The molecule has 9 rings (SSSR count). The second kappa shape index (κ2) is 20.1. The van der Waals surface area contributed by atoms with E-state index < -0.39 is 17.8 Å². The normalized spacial score (nSPS) is 21.6. The molecule has 0 fully saturated rings. The maximum absolute atomic E-state index is 12.7. The zero-order valence-electron chi connectivity index (χ0n) is 39.8. The van der Waals surface area contributed by atoms with E-state index >= 15 is 0 Å². The molecule has 4 heterocycles. The fourth-order valence-electron chi connectivity index (χ4n) is 11.7. The van der Waals surface area contributed by atoms with Crippen LogP contribution < -0.4 is 18.9 Å². The number of β-amino-alcohol motifs (C(OH)–C–C–N with tert-alkyl or cyclic N) is 4. The topological polar surface area (TPSA) is 212 Å². The number of hydrogen-bond acceptors (Lipinski definition) is 16. The molecule has 4 aliphatic heterocycles. The van der Waals surface area contributed by atoms with Gasteiger partial charge in [0, 0.05) is 121 Å². The van der Waals surface area contributed by atoms with Crippen molar-refractivity contribution >= 4 is 0 Å². The molecule has 8 bridgehead atoms. The van der Waals surface area contributed by atoms with Crippen LogP contribution in [0.25, 0.3) is 0 Å². The zero-order chi connectivity index (χ0) is 48.0. The lowest BCUT2D eigenvalue weighted by molar-refractivity contribution is 0.0727. The molecule has 4 aromatic carbocycles. The molecule has 16 heteroatoms. The lowest BCUT2D eigenvalue weighted by Gasteiger charge is -2.38. The number of phenolic OH excluding ortho intramolecular Hbond substituents is 4. The van der Waals surface area contributed by atoms with Crippen molar-refractivity contribution in [2.75, 3.05) is 79.5 Å². The number of phenols is 4. The summed E-state index contributed by atoms with van der Waals surface area (Å²) in [5.74, 6) is 0.208. The summed E-state index contributed by atoms with van der Waals surface area (Å²) in [5.41, 5.74) is 8.16. The number of fused-ring (bicyclic) bond motifs is 16. The molecular weight excluding hydrogens is 873 g/mol. The van der Waals surface area contributed by atoms with Crippen LogP contribution in [0.5, 0.6) is 46.0 Å². The SMILES string of the molecule is CCC1c2cc(c3c(c2O)CN(CCO)CO3)C(CC)c2cc(c3c(c2O)CN(CCO)CO3)C(CC)c2cc(c3c(c2O)OCN(CCO)C3)C(CC)c2cc1c(O)c1c2OCN(CCO)C1. The zero-order valence-corrected chi connectivity index (χ0v) is 39.8. The second-order valence-corrected chi connectivity index (χ2v) is 18.9. The molecule has 4 aromatic rings. The molecule has 1 aliphatic carbocycles. The second-order valence-electron chi connectivity index (χ2n) is 18.9. The number of ether oxygens (including phenoxy) is 4. The van der Waals surface area contributed by atoms with Gasteiger partial charge in [0.15, 0.2) is 11.5 Å². The Hall–Kier alpha value is -5.04. The first-order chi connectivity index (χ1) is 33.0. The van der Waals surface area contributed by atoms with Crippen LogP contribution in [0, 0.1) is 0 Å². The first-order valence-corrected chi connectivity index (χ1v) is 24.4. The molecule has 8 N–H and O–H groups in total. The minimum absolute atomic E-state index is 0.0109. The van der Waals surface area contributed by atoms with Gasteiger partial charge in [0.05, 0.1) is 43.1 Å². The number of aliphatic hydroxyl groups excluding tert-OH is 4. The molecule has 0 saturated heterocycles. The molecule has 68 heavy (non-hydrogen) atoms. The van der Waals surface area contributed by atoms with E-state index in [1.54, 1.807) is 0 Å². The Balaban J connectivity index is 1.41. The van der Waals surface area contributed by atoms with Crippen molar-refractivity contribution in [3.05, 3.63) is 91.0 Å². The summed E-state index contributed by atoms with van der Waals surface area (Å²) in [6, 6.07) is 8.10. The summed E-state index contributed by atoms with van der Waals surface area (Å²) in [7, 11) is 0. The van der Waals surface area contributed by atoms with Gasteiger partial charge in [-0.3, -0.25) is 19.6 Å². The standard InChI is InChI=1S/C52H68N4O12/c1-5-29-33-17-37(48(64)52-41(33)21-53(9-13-57)28-68-52)32(8-4)40-20-36(47(63)44-24-56(12-16-60)27-67-51(40)44)31(7-3)39-19-35(46(62)43-23-55(11-15-59)26-66-50(39)43)30(6-2)34-18-38(29)49-42(45(34)61)22-54(10-14-58)25-65-49/h17-20,29-32,57-64H,5-16,21-28H2,1-4H3. The van der Waals surface area contributed by atoms with Crippen molar-refractivity contribution in [2.24, 2.45) is 0 Å². The van der Waals surface area contributed by atoms with Gasteiger partial charge in [-0.1, -0.05) is 33.8 Å². The smallest absolute Gasteiger partial charge is 0.168 e. The Morgan fingerprint density at radius 2 is 0.632 bits per heavy atom. The number of aliphatic hydroxyl groups is 4. The molecule has 16 nitrogen and oxygen atoms in total. The maximum Gasteiger partial charge on any atom is 0.168 e. The molecule has 5 aliphatic rings. The van der Waals surface area contributed by atoms with E-state index in [1.807, 2.05) is 51.6 Å². The van der Waals surface area contributed by atoms with Gasteiger partial charge >= 0.3 is 0 Å². The molecular formula is C52H68N4O12. The van der Waals surface area contributed by atoms with Gasteiger partial charge in [-0.15, -0.1) is 0 Å². The molecule has 0 aromatic heterocycles.